The molecule has 4 nitrogen and oxygen atoms in total. The number of anilines is 1. The average molecular weight is 387 g/mol. The highest BCUT2D eigenvalue weighted by Crippen LogP contribution is 2.24. The second kappa shape index (κ2) is 8.25. The second-order valence-corrected chi connectivity index (χ2v) is 6.61. The van der Waals surface area contributed by atoms with Crippen LogP contribution in [-0.2, 0) is 6.54 Å². The first-order valence-electron chi connectivity index (χ1n) is 8.06. The fourth-order valence-corrected chi connectivity index (χ4v) is 2.77. The van der Waals surface area contributed by atoms with E-state index < -0.39 is 0 Å². The van der Waals surface area contributed by atoms with Crippen LogP contribution in [0.3, 0.4) is 0 Å². The van der Waals surface area contributed by atoms with Gasteiger partial charge in [0.1, 0.15) is 17.3 Å². The molecule has 0 bridgehead atoms. The van der Waals surface area contributed by atoms with Crippen LogP contribution in [0.5, 0.6) is 5.75 Å². The number of furan rings is 1. The summed E-state index contributed by atoms with van der Waals surface area (Å²) in [6, 6.07) is 19.1. The Morgan fingerprint density at radius 2 is 1.92 bits per heavy atom. The van der Waals surface area contributed by atoms with Crippen molar-refractivity contribution in [3.63, 3.8) is 0 Å². The number of nitrogens with zero attached hydrogens (tertiary/aromatic N) is 1. The molecule has 0 amide bonds. The molecule has 0 fully saturated rings. The van der Waals surface area contributed by atoms with E-state index in [2.05, 4.69) is 5.32 Å². The lowest BCUT2D eigenvalue weighted by Crippen LogP contribution is -2.30. The molecule has 1 N–H and O–H groups in total. The van der Waals surface area contributed by atoms with Gasteiger partial charge in [-0.1, -0.05) is 17.7 Å². The maximum atomic E-state index is 5.93. The first-order chi connectivity index (χ1) is 12.5. The largest absolute Gasteiger partial charge is 0.497 e. The number of thiocarbonyl (C=S) groups is 1. The Labute approximate surface area is 163 Å². The lowest BCUT2D eigenvalue weighted by molar-refractivity contribution is 0.414. The van der Waals surface area contributed by atoms with Crippen molar-refractivity contribution in [1.29, 1.82) is 0 Å². The van der Waals surface area contributed by atoms with E-state index in [0.717, 1.165) is 28.5 Å². The van der Waals surface area contributed by atoms with Crippen LogP contribution in [0.25, 0.3) is 11.3 Å². The van der Waals surface area contributed by atoms with Gasteiger partial charge in [-0.25, -0.2) is 0 Å². The fraction of sp³-hybridized carbons (Fsp3) is 0.150. The smallest absolute Gasteiger partial charge is 0.173 e. The van der Waals surface area contributed by atoms with E-state index in [9.17, 15) is 0 Å². The van der Waals surface area contributed by atoms with Crippen LogP contribution in [0.1, 0.15) is 5.76 Å². The first-order valence-corrected chi connectivity index (χ1v) is 8.84. The molecule has 6 heteroatoms. The molecule has 0 saturated heterocycles. The van der Waals surface area contributed by atoms with E-state index in [4.69, 9.17) is 33.0 Å². The number of halogens is 1. The molecule has 0 saturated carbocycles. The zero-order valence-corrected chi connectivity index (χ0v) is 16.1. The highest BCUT2D eigenvalue weighted by molar-refractivity contribution is 7.80. The Hall–Kier alpha value is -2.50. The van der Waals surface area contributed by atoms with Crippen LogP contribution in [0.4, 0.5) is 5.69 Å². The van der Waals surface area contributed by atoms with Crippen molar-refractivity contribution in [2.24, 2.45) is 0 Å². The summed E-state index contributed by atoms with van der Waals surface area (Å²) in [5.74, 6) is 2.41. The second-order valence-electron chi connectivity index (χ2n) is 5.79. The van der Waals surface area contributed by atoms with E-state index in [1.165, 1.54) is 0 Å². The number of nitrogens with one attached hydrogen (secondary N) is 1. The van der Waals surface area contributed by atoms with Crippen molar-refractivity contribution in [3.05, 3.63) is 71.4 Å². The minimum atomic E-state index is 0.559. The highest BCUT2D eigenvalue weighted by Gasteiger charge is 2.10. The van der Waals surface area contributed by atoms with Crippen molar-refractivity contribution in [2.75, 3.05) is 19.5 Å². The molecule has 0 spiro atoms. The SMILES string of the molecule is COc1cccc(NC(=S)N(C)Cc2ccc(-c3ccc(Cl)cc3)o2)c1. The van der Waals surface area contributed by atoms with Crippen molar-refractivity contribution < 1.29 is 9.15 Å². The minimum absolute atomic E-state index is 0.559. The van der Waals surface area contributed by atoms with Crippen molar-refractivity contribution in [1.82, 2.24) is 4.90 Å². The van der Waals surface area contributed by atoms with Gasteiger partial charge in [0.2, 0.25) is 0 Å². The van der Waals surface area contributed by atoms with Crippen LogP contribution >= 0.6 is 23.8 Å². The summed E-state index contributed by atoms with van der Waals surface area (Å²) >= 11 is 11.4. The van der Waals surface area contributed by atoms with Gasteiger partial charge in [0.25, 0.3) is 0 Å². The number of ether oxygens (including phenoxy) is 1. The number of hydrogen-bond acceptors (Lipinski definition) is 3. The lowest BCUT2D eigenvalue weighted by Gasteiger charge is -2.20. The van der Waals surface area contributed by atoms with Crippen molar-refractivity contribution in [3.8, 4) is 17.1 Å². The zero-order chi connectivity index (χ0) is 18.5. The molecule has 0 atom stereocenters. The summed E-state index contributed by atoms with van der Waals surface area (Å²) in [5.41, 5.74) is 1.86. The van der Waals surface area contributed by atoms with Crippen LogP contribution in [0.15, 0.2) is 65.1 Å². The van der Waals surface area contributed by atoms with Gasteiger partial charge in [-0.2, -0.15) is 0 Å². The molecule has 2 aromatic carbocycles. The van der Waals surface area contributed by atoms with Gasteiger partial charge in [0, 0.05) is 29.4 Å². The minimum Gasteiger partial charge on any atom is -0.497 e. The number of hydrogen-bond donors (Lipinski definition) is 1. The Balaban J connectivity index is 1.63. The van der Waals surface area contributed by atoms with Crippen molar-refractivity contribution >= 4 is 34.6 Å². The van der Waals surface area contributed by atoms with Crippen LogP contribution in [0, 0.1) is 0 Å². The zero-order valence-electron chi connectivity index (χ0n) is 14.5. The highest BCUT2D eigenvalue weighted by atomic mass is 35.5. The molecule has 0 unspecified atom stereocenters. The standard InChI is InChI=1S/C20H19ClN2O2S/c1-23(20(26)22-16-4-3-5-17(12-16)24-2)13-18-10-11-19(25-18)14-6-8-15(21)9-7-14/h3-12H,13H2,1-2H3,(H,22,26). The number of methoxy groups -OCH3 is 1. The van der Waals surface area contributed by atoms with E-state index >= 15 is 0 Å². The summed E-state index contributed by atoms with van der Waals surface area (Å²) < 4.78 is 11.1. The maximum Gasteiger partial charge on any atom is 0.173 e. The summed E-state index contributed by atoms with van der Waals surface area (Å²) in [6.45, 7) is 0.559. The molecule has 0 aliphatic heterocycles. The summed E-state index contributed by atoms with van der Waals surface area (Å²) in [6.07, 6.45) is 0. The van der Waals surface area contributed by atoms with E-state index in [1.54, 1.807) is 7.11 Å². The van der Waals surface area contributed by atoms with E-state index in [1.807, 2.05) is 72.6 Å². The Morgan fingerprint density at radius 3 is 2.65 bits per heavy atom. The Bertz CT molecular complexity index is 893. The van der Waals surface area contributed by atoms with E-state index in [-0.39, 0.29) is 0 Å². The fourth-order valence-electron chi connectivity index (χ4n) is 2.46. The molecule has 3 aromatic rings. The monoisotopic (exact) mass is 386 g/mol. The van der Waals surface area contributed by atoms with Crippen LogP contribution in [-0.4, -0.2) is 24.2 Å². The average Bonchev–Trinajstić information content (AvgIpc) is 3.11. The summed E-state index contributed by atoms with van der Waals surface area (Å²) in [5, 5.41) is 4.51. The molecule has 0 aliphatic rings. The molecule has 1 aromatic heterocycles. The Kier molecular flexibility index (Phi) is 5.81. The number of benzene rings is 2. The third kappa shape index (κ3) is 4.56. The summed E-state index contributed by atoms with van der Waals surface area (Å²) in [7, 11) is 3.55. The van der Waals surface area contributed by atoms with Gasteiger partial charge in [0.05, 0.1) is 13.7 Å². The normalized spacial score (nSPS) is 10.4. The summed E-state index contributed by atoms with van der Waals surface area (Å²) in [4.78, 5) is 1.92. The lowest BCUT2D eigenvalue weighted by atomic mass is 10.2. The molecule has 0 aliphatic carbocycles. The van der Waals surface area contributed by atoms with Gasteiger partial charge in [-0.3, -0.25) is 0 Å². The van der Waals surface area contributed by atoms with Crippen LogP contribution in [0.2, 0.25) is 5.02 Å². The van der Waals surface area contributed by atoms with Gasteiger partial charge >= 0.3 is 0 Å². The molecule has 134 valence electrons. The third-order valence-electron chi connectivity index (χ3n) is 3.85. The maximum absolute atomic E-state index is 5.93. The molecule has 0 radical (unpaired) electrons. The Morgan fingerprint density at radius 1 is 1.15 bits per heavy atom. The predicted molar refractivity (Wildman–Crippen MR) is 110 cm³/mol. The molecule has 3 rings (SSSR count). The molecular weight excluding hydrogens is 368 g/mol. The first kappa shape index (κ1) is 18.3. The third-order valence-corrected chi connectivity index (χ3v) is 4.52. The molecule has 26 heavy (non-hydrogen) atoms. The number of rotatable bonds is 5. The molecular formula is C20H19ClN2O2S. The predicted octanol–water partition coefficient (Wildman–Crippen LogP) is 5.44. The van der Waals surface area contributed by atoms with Crippen molar-refractivity contribution in [2.45, 2.75) is 6.54 Å². The molecule has 1 heterocycles. The van der Waals surface area contributed by atoms with Gasteiger partial charge in [-0.15, -0.1) is 0 Å². The van der Waals surface area contributed by atoms with Gasteiger partial charge in [-0.05, 0) is 60.7 Å². The van der Waals surface area contributed by atoms with E-state index in [0.29, 0.717) is 16.7 Å². The quantitative estimate of drug-likeness (QED) is 0.591. The van der Waals surface area contributed by atoms with Crippen LogP contribution < -0.4 is 10.1 Å². The van der Waals surface area contributed by atoms with Gasteiger partial charge in [0.15, 0.2) is 5.11 Å². The topological polar surface area (TPSA) is 37.6 Å². The van der Waals surface area contributed by atoms with Gasteiger partial charge < -0.3 is 19.4 Å².